The highest BCUT2D eigenvalue weighted by Crippen LogP contribution is 2.55. The zero-order valence-electron chi connectivity index (χ0n) is 11.2. The summed E-state index contributed by atoms with van der Waals surface area (Å²) < 4.78 is 5.41. The number of carbonyl (C=O) groups excluding carboxylic acids is 2. The number of esters is 1. The number of allylic oxidation sites excluding steroid dienone is 1. The van der Waals surface area contributed by atoms with Gasteiger partial charge in [0.25, 0.3) is 0 Å². The van der Waals surface area contributed by atoms with Crippen LogP contribution in [-0.4, -0.2) is 28.6 Å². The Morgan fingerprint density at radius 3 is 2.79 bits per heavy atom. The molecule has 5 atom stereocenters. The van der Waals surface area contributed by atoms with Gasteiger partial charge in [-0.05, 0) is 31.9 Å². The smallest absolute Gasteiger partial charge is 0.334 e. The lowest BCUT2D eigenvalue weighted by Crippen LogP contribution is -2.59. The van der Waals surface area contributed by atoms with Crippen LogP contribution in [0, 0.1) is 17.3 Å². The van der Waals surface area contributed by atoms with Crippen molar-refractivity contribution in [2.24, 2.45) is 17.3 Å². The van der Waals surface area contributed by atoms with Crippen molar-refractivity contribution < 1.29 is 19.4 Å². The fourth-order valence-electron chi connectivity index (χ4n) is 4.04. The predicted octanol–water partition coefficient (Wildman–Crippen LogP) is 1.39. The van der Waals surface area contributed by atoms with Crippen LogP contribution in [0.5, 0.6) is 0 Å². The molecular weight excluding hydrogens is 244 g/mol. The van der Waals surface area contributed by atoms with E-state index in [0.29, 0.717) is 18.4 Å². The molecule has 102 valence electrons. The largest absolute Gasteiger partial charge is 0.458 e. The molecule has 4 heteroatoms. The molecule has 1 heterocycles. The van der Waals surface area contributed by atoms with Crippen LogP contribution in [0.25, 0.3) is 0 Å². The fraction of sp³-hybridized carbons (Fsp3) is 0.600. The van der Waals surface area contributed by atoms with Crippen LogP contribution in [0.3, 0.4) is 0 Å². The van der Waals surface area contributed by atoms with E-state index in [9.17, 15) is 14.7 Å². The van der Waals surface area contributed by atoms with E-state index in [0.717, 1.165) is 0 Å². The molecule has 1 saturated carbocycles. The van der Waals surface area contributed by atoms with Gasteiger partial charge in [0.2, 0.25) is 0 Å². The van der Waals surface area contributed by atoms with Crippen molar-refractivity contribution in [3.8, 4) is 0 Å². The molecule has 0 unspecified atom stereocenters. The van der Waals surface area contributed by atoms with Gasteiger partial charge < -0.3 is 9.84 Å². The second-order valence-electron chi connectivity index (χ2n) is 6.36. The van der Waals surface area contributed by atoms with E-state index < -0.39 is 29.0 Å². The van der Waals surface area contributed by atoms with E-state index in [-0.39, 0.29) is 11.7 Å². The zero-order chi connectivity index (χ0) is 14.0. The molecular formula is C15H18O4. The highest BCUT2D eigenvalue weighted by atomic mass is 16.6. The molecule has 1 saturated heterocycles. The van der Waals surface area contributed by atoms with Crippen molar-refractivity contribution in [3.05, 3.63) is 24.3 Å². The van der Waals surface area contributed by atoms with Gasteiger partial charge in [-0.15, -0.1) is 0 Å². The molecule has 0 spiro atoms. The van der Waals surface area contributed by atoms with Crippen LogP contribution in [0.2, 0.25) is 0 Å². The third kappa shape index (κ3) is 1.49. The molecule has 0 bridgehead atoms. The van der Waals surface area contributed by atoms with E-state index in [2.05, 4.69) is 6.58 Å². The molecule has 0 amide bonds. The Bertz CT molecular complexity index is 516. The average Bonchev–Trinajstić information content (AvgIpc) is 2.60. The first-order valence-electron chi connectivity index (χ1n) is 6.63. The van der Waals surface area contributed by atoms with Gasteiger partial charge in [-0.1, -0.05) is 13.5 Å². The van der Waals surface area contributed by atoms with Gasteiger partial charge in [-0.3, -0.25) is 4.79 Å². The summed E-state index contributed by atoms with van der Waals surface area (Å²) in [4.78, 5) is 23.9. The molecule has 4 nitrogen and oxygen atoms in total. The summed E-state index contributed by atoms with van der Waals surface area (Å²) in [5, 5.41) is 10.6. The van der Waals surface area contributed by atoms with Crippen molar-refractivity contribution in [2.45, 2.75) is 38.4 Å². The highest BCUT2D eigenvalue weighted by molar-refractivity contribution is 5.97. The van der Waals surface area contributed by atoms with Crippen LogP contribution in [0.4, 0.5) is 0 Å². The molecule has 0 aromatic rings. The number of fused-ring (bicyclic) bond motifs is 3. The molecule has 0 aromatic carbocycles. The van der Waals surface area contributed by atoms with Crippen LogP contribution in [0.1, 0.15) is 26.7 Å². The van der Waals surface area contributed by atoms with Gasteiger partial charge in [-0.2, -0.15) is 0 Å². The van der Waals surface area contributed by atoms with Gasteiger partial charge in [-0.25, -0.2) is 4.79 Å². The van der Waals surface area contributed by atoms with E-state index in [1.54, 1.807) is 6.92 Å². The van der Waals surface area contributed by atoms with Crippen LogP contribution in [-0.2, 0) is 14.3 Å². The van der Waals surface area contributed by atoms with Crippen molar-refractivity contribution >= 4 is 11.8 Å². The number of ether oxygens (including phenoxy) is 1. The summed E-state index contributed by atoms with van der Waals surface area (Å²) in [6.45, 7) is 7.33. The third-order valence-corrected chi connectivity index (χ3v) is 5.10. The predicted molar refractivity (Wildman–Crippen MR) is 68.1 cm³/mol. The molecule has 0 radical (unpaired) electrons. The summed E-state index contributed by atoms with van der Waals surface area (Å²) in [5.74, 6) is -0.858. The monoisotopic (exact) mass is 262 g/mol. The summed E-state index contributed by atoms with van der Waals surface area (Å²) in [6, 6.07) is 0. The lowest BCUT2D eigenvalue weighted by atomic mass is 9.53. The SMILES string of the molecule is C=C1C(=O)O[C@H]2[C@H]1CC[C@@]1(C)C(=O)C=C[C@](C)(O)[C@H]21. The van der Waals surface area contributed by atoms with E-state index in [1.165, 1.54) is 12.2 Å². The Morgan fingerprint density at radius 1 is 1.42 bits per heavy atom. The quantitative estimate of drug-likeness (QED) is 0.529. The minimum Gasteiger partial charge on any atom is -0.458 e. The zero-order valence-corrected chi connectivity index (χ0v) is 11.2. The number of rotatable bonds is 0. The van der Waals surface area contributed by atoms with Crippen molar-refractivity contribution in [1.82, 2.24) is 0 Å². The number of hydrogen-bond donors (Lipinski definition) is 1. The first-order valence-corrected chi connectivity index (χ1v) is 6.63. The van der Waals surface area contributed by atoms with Gasteiger partial charge in [0.15, 0.2) is 5.78 Å². The molecule has 2 aliphatic carbocycles. The van der Waals surface area contributed by atoms with Crippen molar-refractivity contribution in [3.63, 3.8) is 0 Å². The lowest BCUT2D eigenvalue weighted by molar-refractivity contribution is -0.167. The molecule has 1 N–H and O–H groups in total. The number of hydrogen-bond acceptors (Lipinski definition) is 4. The Morgan fingerprint density at radius 2 is 2.11 bits per heavy atom. The molecule has 1 aliphatic heterocycles. The maximum absolute atomic E-state index is 12.2. The third-order valence-electron chi connectivity index (χ3n) is 5.10. The standard InChI is InChI=1S/C15H18O4/c1-8-9-4-6-14(2)10(16)5-7-15(3,18)12(14)11(9)19-13(8)17/h5,7,9,11-12,18H,1,4,6H2,2-3H3/t9-,11-,12+,14-,15-/m0/s1. The van der Waals surface area contributed by atoms with Crippen LogP contribution >= 0.6 is 0 Å². The van der Waals surface area contributed by atoms with Crippen LogP contribution in [0.15, 0.2) is 24.3 Å². The van der Waals surface area contributed by atoms with E-state index >= 15 is 0 Å². The molecule has 3 rings (SSSR count). The lowest BCUT2D eigenvalue weighted by Gasteiger charge is -2.51. The first kappa shape index (κ1) is 12.6. The summed E-state index contributed by atoms with van der Waals surface area (Å²) >= 11 is 0. The van der Waals surface area contributed by atoms with Gasteiger partial charge in [0.05, 0.1) is 5.60 Å². The van der Waals surface area contributed by atoms with Crippen molar-refractivity contribution in [1.29, 1.82) is 0 Å². The highest BCUT2D eigenvalue weighted by Gasteiger charge is 2.62. The van der Waals surface area contributed by atoms with Gasteiger partial charge in [0.1, 0.15) is 6.10 Å². The molecule has 0 aromatic heterocycles. The van der Waals surface area contributed by atoms with E-state index in [4.69, 9.17) is 4.74 Å². The summed E-state index contributed by atoms with van der Waals surface area (Å²) in [7, 11) is 0. The maximum Gasteiger partial charge on any atom is 0.334 e. The normalized spacial score (nSPS) is 48.8. The number of carbonyl (C=O) groups is 2. The van der Waals surface area contributed by atoms with E-state index in [1.807, 2.05) is 6.92 Å². The minimum atomic E-state index is -1.14. The molecule has 2 fully saturated rings. The Labute approximate surface area is 112 Å². The summed E-state index contributed by atoms with van der Waals surface area (Å²) in [5.41, 5.74) is -1.33. The second kappa shape index (κ2) is 3.57. The van der Waals surface area contributed by atoms with Crippen molar-refractivity contribution in [2.75, 3.05) is 0 Å². The average molecular weight is 262 g/mol. The first-order chi connectivity index (χ1) is 8.77. The minimum absolute atomic E-state index is 0.0102. The fourth-order valence-corrected chi connectivity index (χ4v) is 4.04. The Kier molecular flexibility index (Phi) is 2.37. The maximum atomic E-state index is 12.2. The second-order valence-corrected chi connectivity index (χ2v) is 6.36. The number of ketones is 1. The van der Waals surface area contributed by atoms with Gasteiger partial charge in [0, 0.05) is 22.8 Å². The Hall–Kier alpha value is -1.42. The topological polar surface area (TPSA) is 63.6 Å². The van der Waals surface area contributed by atoms with Crippen LogP contribution < -0.4 is 0 Å². The molecule has 3 aliphatic rings. The summed E-state index contributed by atoms with van der Waals surface area (Å²) in [6.07, 6.45) is 3.90. The molecule has 19 heavy (non-hydrogen) atoms. The Balaban J connectivity index is 2.10. The van der Waals surface area contributed by atoms with Gasteiger partial charge >= 0.3 is 5.97 Å². The number of aliphatic hydroxyl groups is 1.